The second-order valence-corrected chi connectivity index (χ2v) is 11.1. The van der Waals surface area contributed by atoms with Gasteiger partial charge >= 0.3 is 12.1 Å². The van der Waals surface area contributed by atoms with Crippen molar-refractivity contribution in [1.82, 2.24) is 5.16 Å². The molecule has 9 nitrogen and oxygen atoms in total. The topological polar surface area (TPSA) is 136 Å². The fraction of sp³-hybridized carbons (Fsp3) is 0.179. The van der Waals surface area contributed by atoms with Gasteiger partial charge in [0, 0.05) is 17.0 Å². The third-order valence-corrected chi connectivity index (χ3v) is 8.02. The quantitative estimate of drug-likeness (QED) is 0.249. The van der Waals surface area contributed by atoms with Gasteiger partial charge in [-0.05, 0) is 35.7 Å². The van der Waals surface area contributed by atoms with Gasteiger partial charge in [-0.15, -0.1) is 0 Å². The van der Waals surface area contributed by atoms with Crippen molar-refractivity contribution < 1.29 is 32.4 Å². The van der Waals surface area contributed by atoms with Gasteiger partial charge in [-0.25, -0.2) is 13.2 Å². The lowest BCUT2D eigenvalue weighted by molar-refractivity contribution is -0.136. The van der Waals surface area contributed by atoms with Crippen molar-refractivity contribution in [2.45, 2.75) is 30.4 Å². The van der Waals surface area contributed by atoms with Gasteiger partial charge in [0.05, 0.1) is 23.7 Å². The number of ether oxygens (including phenoxy) is 1. The number of nitrogens with one attached hydrogen (secondary N) is 1. The van der Waals surface area contributed by atoms with Gasteiger partial charge < -0.3 is 14.4 Å². The summed E-state index contributed by atoms with van der Waals surface area (Å²) in [7, 11) is -3.80. The Balaban J connectivity index is 1.44. The molecule has 1 heterocycles. The van der Waals surface area contributed by atoms with Gasteiger partial charge in [0.25, 0.3) is 0 Å². The van der Waals surface area contributed by atoms with Crippen molar-refractivity contribution in [1.29, 1.82) is 0 Å². The average molecular weight is 569 g/mol. The van der Waals surface area contributed by atoms with E-state index < -0.39 is 28.3 Å². The first-order valence-corrected chi connectivity index (χ1v) is 13.9. The molecule has 0 spiro atoms. The number of sulfone groups is 1. The number of benzene rings is 3. The highest BCUT2D eigenvalue weighted by Gasteiger charge is 2.22. The van der Waals surface area contributed by atoms with Gasteiger partial charge in [0.2, 0.25) is 0 Å². The minimum atomic E-state index is -3.80. The van der Waals surface area contributed by atoms with E-state index in [-0.39, 0.29) is 28.6 Å². The molecule has 1 aromatic heterocycles. The Morgan fingerprint density at radius 1 is 1.00 bits per heavy atom. The lowest BCUT2D eigenvalue weighted by atomic mass is 10.1. The Morgan fingerprint density at radius 2 is 1.67 bits per heavy atom. The first-order chi connectivity index (χ1) is 18.6. The molecule has 0 fully saturated rings. The Bertz CT molecular complexity index is 1600. The van der Waals surface area contributed by atoms with Crippen LogP contribution in [0, 0.1) is 6.92 Å². The number of anilines is 1. The summed E-state index contributed by atoms with van der Waals surface area (Å²) in [5.41, 5.74) is 2.92. The molecule has 0 atom stereocenters. The monoisotopic (exact) mass is 568 g/mol. The smallest absolute Gasteiger partial charge is 0.411 e. The average Bonchev–Trinajstić information content (AvgIpc) is 3.25. The predicted molar refractivity (Wildman–Crippen MR) is 145 cm³/mol. The molecule has 0 aliphatic carbocycles. The van der Waals surface area contributed by atoms with Gasteiger partial charge in [0.1, 0.15) is 11.4 Å². The van der Waals surface area contributed by atoms with E-state index in [2.05, 4.69) is 10.5 Å². The van der Waals surface area contributed by atoms with E-state index in [0.717, 1.165) is 5.56 Å². The second-order valence-electron chi connectivity index (χ2n) is 8.71. The van der Waals surface area contributed by atoms with Crippen molar-refractivity contribution in [2.75, 3.05) is 11.9 Å². The fourth-order valence-corrected chi connectivity index (χ4v) is 5.82. The molecule has 2 N–H and O–H groups in total. The summed E-state index contributed by atoms with van der Waals surface area (Å²) in [5.74, 6) is -1.14. The number of carboxylic acids is 1. The molecule has 0 bridgehead atoms. The maximum absolute atomic E-state index is 13.0. The zero-order chi connectivity index (χ0) is 28.0. The summed E-state index contributed by atoms with van der Waals surface area (Å²) in [6.07, 6.45) is -0.622. The van der Waals surface area contributed by atoms with Crippen LogP contribution in [0.4, 0.5) is 10.5 Å². The highest BCUT2D eigenvalue weighted by Crippen LogP contribution is 2.32. The summed E-state index contributed by atoms with van der Waals surface area (Å²) in [6.45, 7) is 1.79. The van der Waals surface area contributed by atoms with Gasteiger partial charge in [0.15, 0.2) is 15.6 Å². The predicted octanol–water partition coefficient (Wildman–Crippen LogP) is 5.70. The van der Waals surface area contributed by atoms with Crippen LogP contribution in [0.15, 0.2) is 82.2 Å². The Morgan fingerprint density at radius 3 is 2.36 bits per heavy atom. The summed E-state index contributed by atoms with van der Waals surface area (Å²) >= 11 is 6.14. The van der Waals surface area contributed by atoms with Crippen molar-refractivity contribution in [3.8, 4) is 11.3 Å². The Kier molecular flexibility index (Phi) is 8.68. The SMILES string of the molecule is Cc1noc(-c2ccc(CS(=O)(=O)c3ccccc3CC(=O)O)cc2)c1NC(=O)OCCc1ccccc1Cl. The maximum Gasteiger partial charge on any atom is 0.411 e. The third-order valence-electron chi connectivity index (χ3n) is 5.87. The number of hydrogen-bond acceptors (Lipinski definition) is 7. The molecule has 11 heteroatoms. The second kappa shape index (κ2) is 12.1. The van der Waals surface area contributed by atoms with E-state index >= 15 is 0 Å². The number of aromatic nitrogens is 1. The number of carboxylic acid groups (broad SMARTS) is 1. The molecule has 39 heavy (non-hydrogen) atoms. The normalized spacial score (nSPS) is 11.2. The largest absolute Gasteiger partial charge is 0.481 e. The first kappa shape index (κ1) is 27.9. The molecule has 0 aliphatic heterocycles. The summed E-state index contributed by atoms with van der Waals surface area (Å²) in [4.78, 5) is 23.6. The Labute approximate surface area is 230 Å². The van der Waals surface area contributed by atoms with Crippen LogP contribution in [0.3, 0.4) is 0 Å². The number of carbonyl (C=O) groups excluding carboxylic acids is 1. The van der Waals surface area contributed by atoms with E-state index in [9.17, 15) is 18.0 Å². The van der Waals surface area contributed by atoms with Gasteiger partial charge in [-0.1, -0.05) is 77.4 Å². The molecule has 0 saturated carbocycles. The molecule has 0 saturated heterocycles. The van der Waals surface area contributed by atoms with E-state index in [4.69, 9.17) is 26.0 Å². The lowest BCUT2D eigenvalue weighted by Crippen LogP contribution is -2.16. The number of carbonyl (C=O) groups is 2. The van der Waals surface area contributed by atoms with Crippen molar-refractivity contribution in [3.05, 3.63) is 100 Å². The molecule has 4 rings (SSSR count). The van der Waals surface area contributed by atoms with E-state index in [0.29, 0.717) is 34.0 Å². The summed E-state index contributed by atoms with van der Waals surface area (Å²) in [6, 6.07) is 19.9. The van der Waals surface area contributed by atoms with E-state index in [1.807, 2.05) is 18.2 Å². The number of nitrogens with zero attached hydrogens (tertiary/aromatic N) is 1. The molecular weight excluding hydrogens is 544 g/mol. The minimum absolute atomic E-state index is 0.0122. The van der Waals surface area contributed by atoms with Crippen LogP contribution in [-0.4, -0.2) is 37.4 Å². The van der Waals surface area contributed by atoms with Crippen molar-refractivity contribution in [3.63, 3.8) is 0 Å². The standard InChI is InChI=1S/C28H25ClN2O7S/c1-18-26(30-28(34)37-15-14-20-6-2-4-8-23(20)29)27(38-31-18)21-12-10-19(11-13-21)17-39(35,36)24-9-5-3-7-22(24)16-25(32)33/h2-13H,14-17H2,1H3,(H,30,34)(H,32,33). The molecule has 3 aromatic carbocycles. The molecule has 0 unspecified atom stereocenters. The van der Waals surface area contributed by atoms with Crippen LogP contribution < -0.4 is 5.32 Å². The van der Waals surface area contributed by atoms with E-state index in [1.165, 1.54) is 12.1 Å². The van der Waals surface area contributed by atoms with Crippen LogP contribution in [0.25, 0.3) is 11.3 Å². The summed E-state index contributed by atoms with van der Waals surface area (Å²) in [5, 5.41) is 16.3. The number of rotatable bonds is 10. The minimum Gasteiger partial charge on any atom is -0.481 e. The molecule has 202 valence electrons. The number of hydrogen-bond donors (Lipinski definition) is 2. The molecule has 1 amide bonds. The number of amides is 1. The first-order valence-electron chi connectivity index (χ1n) is 11.9. The van der Waals surface area contributed by atoms with Gasteiger partial charge in [-0.2, -0.15) is 0 Å². The number of aryl methyl sites for hydroxylation is 1. The third kappa shape index (κ3) is 7.04. The molecular formula is C28H25ClN2O7S. The van der Waals surface area contributed by atoms with Gasteiger partial charge in [-0.3, -0.25) is 10.1 Å². The number of halogens is 1. The highest BCUT2D eigenvalue weighted by atomic mass is 35.5. The van der Waals surface area contributed by atoms with Crippen LogP contribution in [-0.2, 0) is 38.0 Å². The summed E-state index contributed by atoms with van der Waals surface area (Å²) < 4.78 is 36.8. The Hall–Kier alpha value is -4.15. The van der Waals surface area contributed by atoms with Crippen LogP contribution in [0.1, 0.15) is 22.4 Å². The highest BCUT2D eigenvalue weighted by molar-refractivity contribution is 7.90. The zero-order valence-corrected chi connectivity index (χ0v) is 22.5. The molecule has 0 aliphatic rings. The molecule has 4 aromatic rings. The fourth-order valence-electron chi connectivity index (χ4n) is 3.97. The van der Waals surface area contributed by atoms with Crippen molar-refractivity contribution >= 4 is 39.2 Å². The van der Waals surface area contributed by atoms with Crippen molar-refractivity contribution in [2.24, 2.45) is 0 Å². The lowest BCUT2D eigenvalue weighted by Gasteiger charge is -2.10. The number of aliphatic carboxylic acids is 1. The van der Waals surface area contributed by atoms with Crippen LogP contribution in [0.2, 0.25) is 5.02 Å². The maximum atomic E-state index is 13.0. The molecule has 0 radical (unpaired) electrons. The van der Waals surface area contributed by atoms with E-state index in [1.54, 1.807) is 49.4 Å². The van der Waals surface area contributed by atoms with Crippen LogP contribution >= 0.6 is 11.6 Å². The zero-order valence-electron chi connectivity index (χ0n) is 20.9. The van der Waals surface area contributed by atoms with Crippen LogP contribution in [0.5, 0.6) is 0 Å².